The fourth-order valence-corrected chi connectivity index (χ4v) is 3.97. The van der Waals surface area contributed by atoms with Gasteiger partial charge in [-0.05, 0) is 52.3 Å². The lowest BCUT2D eigenvalue weighted by Crippen LogP contribution is -2.37. The molecule has 0 aliphatic rings. The minimum Gasteiger partial charge on any atom is -0.497 e. The van der Waals surface area contributed by atoms with Gasteiger partial charge in [-0.3, -0.25) is 4.79 Å². The first-order valence-corrected chi connectivity index (χ1v) is 9.80. The molecule has 2 aromatic rings. The molecule has 0 saturated carbocycles. The summed E-state index contributed by atoms with van der Waals surface area (Å²) in [6.07, 6.45) is 0. The standard InChI is InChI=1S/C17H19BrN2O4S/c1-3-20(12-17(21)19-16-7-5-4-6-15(16)18)25(22,23)14-10-8-13(24-2)9-11-14/h4-11H,3,12H2,1-2H3,(H,19,21). The zero-order chi connectivity index (χ0) is 18.4. The maximum atomic E-state index is 12.7. The lowest BCUT2D eigenvalue weighted by molar-refractivity contribution is -0.116. The number of rotatable bonds is 7. The highest BCUT2D eigenvalue weighted by atomic mass is 79.9. The number of para-hydroxylation sites is 1. The van der Waals surface area contributed by atoms with Crippen LogP contribution in [0.15, 0.2) is 57.9 Å². The lowest BCUT2D eigenvalue weighted by Gasteiger charge is -2.20. The molecule has 2 rings (SSSR count). The highest BCUT2D eigenvalue weighted by Crippen LogP contribution is 2.22. The van der Waals surface area contributed by atoms with Gasteiger partial charge in [0.15, 0.2) is 0 Å². The Bertz CT molecular complexity index is 838. The van der Waals surface area contributed by atoms with Crippen LogP contribution in [0.5, 0.6) is 5.75 Å². The number of hydrogen-bond donors (Lipinski definition) is 1. The Morgan fingerprint density at radius 1 is 1.16 bits per heavy atom. The van der Waals surface area contributed by atoms with E-state index in [4.69, 9.17) is 4.74 Å². The first kappa shape index (κ1) is 19.4. The van der Waals surface area contributed by atoms with Gasteiger partial charge in [-0.2, -0.15) is 4.31 Å². The van der Waals surface area contributed by atoms with E-state index in [1.165, 1.54) is 19.2 Å². The molecule has 134 valence electrons. The van der Waals surface area contributed by atoms with Gasteiger partial charge in [-0.15, -0.1) is 0 Å². The molecule has 0 heterocycles. The minimum absolute atomic E-state index is 0.115. The molecule has 0 aliphatic carbocycles. The zero-order valence-electron chi connectivity index (χ0n) is 13.9. The third-order valence-corrected chi connectivity index (χ3v) is 6.14. The summed E-state index contributed by atoms with van der Waals surface area (Å²) in [6.45, 7) is 1.59. The van der Waals surface area contributed by atoms with Crippen LogP contribution >= 0.6 is 15.9 Å². The normalized spacial score (nSPS) is 11.4. The van der Waals surface area contributed by atoms with Gasteiger partial charge in [0.05, 0.1) is 24.2 Å². The van der Waals surface area contributed by atoms with Gasteiger partial charge >= 0.3 is 0 Å². The van der Waals surface area contributed by atoms with Crippen molar-refractivity contribution in [1.29, 1.82) is 0 Å². The van der Waals surface area contributed by atoms with Crippen LogP contribution in [0, 0.1) is 0 Å². The monoisotopic (exact) mass is 426 g/mol. The third kappa shape index (κ3) is 4.81. The second kappa shape index (κ2) is 8.46. The van der Waals surface area contributed by atoms with Crippen molar-refractivity contribution in [2.24, 2.45) is 0 Å². The molecule has 0 unspecified atom stereocenters. The highest BCUT2D eigenvalue weighted by molar-refractivity contribution is 9.10. The highest BCUT2D eigenvalue weighted by Gasteiger charge is 2.25. The van der Waals surface area contributed by atoms with Crippen LogP contribution in [0.3, 0.4) is 0 Å². The number of carbonyl (C=O) groups excluding carboxylic acids is 1. The van der Waals surface area contributed by atoms with E-state index in [0.29, 0.717) is 11.4 Å². The van der Waals surface area contributed by atoms with Crippen molar-refractivity contribution in [2.75, 3.05) is 25.5 Å². The van der Waals surface area contributed by atoms with Crippen molar-refractivity contribution in [3.05, 3.63) is 53.0 Å². The SMILES string of the molecule is CCN(CC(=O)Nc1ccccc1Br)S(=O)(=O)c1ccc(OC)cc1. The largest absolute Gasteiger partial charge is 0.497 e. The number of methoxy groups -OCH3 is 1. The Balaban J connectivity index is 2.14. The number of nitrogens with one attached hydrogen (secondary N) is 1. The fraction of sp³-hybridized carbons (Fsp3) is 0.235. The van der Waals surface area contributed by atoms with Crippen LogP contribution in [-0.4, -0.2) is 38.8 Å². The molecule has 1 amide bonds. The van der Waals surface area contributed by atoms with Crippen LogP contribution < -0.4 is 10.1 Å². The van der Waals surface area contributed by atoms with E-state index < -0.39 is 15.9 Å². The van der Waals surface area contributed by atoms with Crippen molar-refractivity contribution >= 4 is 37.5 Å². The van der Waals surface area contributed by atoms with Crippen LogP contribution in [0.4, 0.5) is 5.69 Å². The Kier molecular flexibility index (Phi) is 6.57. The number of likely N-dealkylation sites (N-methyl/N-ethyl adjacent to an activating group) is 1. The van der Waals surface area contributed by atoms with E-state index in [1.807, 2.05) is 6.07 Å². The number of anilines is 1. The molecule has 1 N–H and O–H groups in total. The van der Waals surface area contributed by atoms with Crippen LogP contribution in [0.25, 0.3) is 0 Å². The predicted molar refractivity (Wildman–Crippen MR) is 100 cm³/mol. The summed E-state index contributed by atoms with van der Waals surface area (Å²) in [5, 5.41) is 2.70. The van der Waals surface area contributed by atoms with Gasteiger partial charge in [0.2, 0.25) is 15.9 Å². The fourth-order valence-electron chi connectivity index (χ4n) is 2.18. The molecule has 0 aliphatic heterocycles. The van der Waals surface area contributed by atoms with Gasteiger partial charge in [0.1, 0.15) is 5.75 Å². The summed E-state index contributed by atoms with van der Waals surface area (Å²) < 4.78 is 32.3. The molecule has 0 saturated heterocycles. The summed E-state index contributed by atoms with van der Waals surface area (Å²) >= 11 is 3.34. The number of halogens is 1. The van der Waals surface area contributed by atoms with Crippen molar-refractivity contribution < 1.29 is 17.9 Å². The Morgan fingerprint density at radius 2 is 1.80 bits per heavy atom. The van der Waals surface area contributed by atoms with E-state index in [9.17, 15) is 13.2 Å². The van der Waals surface area contributed by atoms with E-state index >= 15 is 0 Å². The Hall–Kier alpha value is -1.90. The predicted octanol–water partition coefficient (Wildman–Crippen LogP) is 3.11. The smallest absolute Gasteiger partial charge is 0.243 e. The van der Waals surface area contributed by atoms with Gasteiger partial charge in [0.25, 0.3) is 0 Å². The first-order valence-electron chi connectivity index (χ1n) is 7.57. The average Bonchev–Trinajstić information content (AvgIpc) is 2.61. The maximum Gasteiger partial charge on any atom is 0.243 e. The Morgan fingerprint density at radius 3 is 2.36 bits per heavy atom. The van der Waals surface area contributed by atoms with E-state index in [0.717, 1.165) is 8.78 Å². The van der Waals surface area contributed by atoms with Crippen molar-refractivity contribution in [1.82, 2.24) is 4.31 Å². The second-order valence-electron chi connectivity index (χ2n) is 5.13. The van der Waals surface area contributed by atoms with E-state index in [-0.39, 0.29) is 18.0 Å². The van der Waals surface area contributed by atoms with Gasteiger partial charge < -0.3 is 10.1 Å². The molecule has 0 spiro atoms. The van der Waals surface area contributed by atoms with Crippen molar-refractivity contribution in [3.63, 3.8) is 0 Å². The van der Waals surface area contributed by atoms with E-state index in [2.05, 4.69) is 21.2 Å². The van der Waals surface area contributed by atoms with Crippen LogP contribution in [-0.2, 0) is 14.8 Å². The van der Waals surface area contributed by atoms with Gasteiger partial charge in [0, 0.05) is 11.0 Å². The second-order valence-corrected chi connectivity index (χ2v) is 7.93. The summed E-state index contributed by atoms with van der Waals surface area (Å²) in [5.74, 6) is 0.152. The molecule has 0 fully saturated rings. The summed E-state index contributed by atoms with van der Waals surface area (Å²) in [5.41, 5.74) is 0.588. The first-order chi connectivity index (χ1) is 11.9. The lowest BCUT2D eigenvalue weighted by atomic mass is 10.3. The molecule has 25 heavy (non-hydrogen) atoms. The topological polar surface area (TPSA) is 75.7 Å². The quantitative estimate of drug-likeness (QED) is 0.737. The van der Waals surface area contributed by atoms with Crippen molar-refractivity contribution in [2.45, 2.75) is 11.8 Å². The summed E-state index contributed by atoms with van der Waals surface area (Å²) in [4.78, 5) is 12.4. The van der Waals surface area contributed by atoms with Crippen molar-refractivity contribution in [3.8, 4) is 5.75 Å². The number of carbonyl (C=O) groups is 1. The number of sulfonamides is 1. The minimum atomic E-state index is -3.77. The molecule has 0 atom stereocenters. The molecular formula is C17H19BrN2O4S. The summed E-state index contributed by atoms with van der Waals surface area (Å²) in [7, 11) is -2.26. The molecular weight excluding hydrogens is 408 g/mol. The zero-order valence-corrected chi connectivity index (χ0v) is 16.3. The average molecular weight is 427 g/mol. The summed E-state index contributed by atoms with van der Waals surface area (Å²) in [6, 6.07) is 13.2. The number of ether oxygens (including phenoxy) is 1. The van der Waals surface area contributed by atoms with E-state index in [1.54, 1.807) is 37.3 Å². The third-order valence-electron chi connectivity index (χ3n) is 3.52. The molecule has 2 aromatic carbocycles. The van der Waals surface area contributed by atoms with Crippen LogP contribution in [0.2, 0.25) is 0 Å². The molecule has 0 bridgehead atoms. The van der Waals surface area contributed by atoms with Gasteiger partial charge in [-0.25, -0.2) is 8.42 Å². The molecule has 6 nitrogen and oxygen atoms in total. The molecule has 0 aromatic heterocycles. The van der Waals surface area contributed by atoms with Crippen LogP contribution in [0.1, 0.15) is 6.92 Å². The number of hydrogen-bond acceptors (Lipinski definition) is 4. The molecule has 8 heteroatoms. The van der Waals surface area contributed by atoms with Gasteiger partial charge in [-0.1, -0.05) is 19.1 Å². The number of amides is 1. The molecule has 0 radical (unpaired) electrons. The Labute approximate surface area is 156 Å². The number of nitrogens with zero attached hydrogens (tertiary/aromatic N) is 1. The number of benzene rings is 2. The maximum absolute atomic E-state index is 12.7.